The van der Waals surface area contributed by atoms with Gasteiger partial charge in [-0.25, -0.2) is 9.18 Å². The lowest BCUT2D eigenvalue weighted by Crippen LogP contribution is -2.39. The minimum Gasteiger partial charge on any atom is -0.323 e. The third-order valence-corrected chi connectivity index (χ3v) is 4.56. The maximum Gasteiger partial charge on any atom is 0.322 e. The standard InChI is InChI=1S/C19H23FN4O2/c1-22-9-2-4-17(18(22)25)21-19(26)24-11-3-10-23(12-13-24)14-15-5-7-16(20)8-6-15/h2,4-9H,3,10-14H2,1H3,(H,21,26). The molecular formula is C19H23FN4O2. The molecule has 1 N–H and O–H groups in total. The van der Waals surface area contributed by atoms with Crippen LogP contribution >= 0.6 is 0 Å². The summed E-state index contributed by atoms with van der Waals surface area (Å²) in [7, 11) is 1.65. The Morgan fingerprint density at radius 2 is 1.88 bits per heavy atom. The normalized spacial score (nSPS) is 15.5. The highest BCUT2D eigenvalue weighted by Crippen LogP contribution is 2.11. The first-order valence-corrected chi connectivity index (χ1v) is 8.71. The van der Waals surface area contributed by atoms with Crippen LogP contribution in [0, 0.1) is 5.82 Å². The number of rotatable bonds is 3. The van der Waals surface area contributed by atoms with Gasteiger partial charge in [0.05, 0.1) is 0 Å². The zero-order chi connectivity index (χ0) is 18.5. The number of hydrogen-bond donors (Lipinski definition) is 1. The quantitative estimate of drug-likeness (QED) is 0.916. The summed E-state index contributed by atoms with van der Waals surface area (Å²) in [6.07, 6.45) is 2.50. The molecule has 1 saturated heterocycles. The van der Waals surface area contributed by atoms with E-state index in [-0.39, 0.29) is 23.1 Å². The van der Waals surface area contributed by atoms with Crippen LogP contribution in [0.4, 0.5) is 14.9 Å². The minimum atomic E-state index is -0.253. The van der Waals surface area contributed by atoms with Crippen molar-refractivity contribution < 1.29 is 9.18 Å². The lowest BCUT2D eigenvalue weighted by molar-refractivity contribution is 0.211. The second-order valence-electron chi connectivity index (χ2n) is 6.51. The molecule has 0 saturated carbocycles. The molecule has 3 rings (SSSR count). The first-order chi connectivity index (χ1) is 12.5. The predicted octanol–water partition coefficient (Wildman–Crippen LogP) is 2.26. The van der Waals surface area contributed by atoms with Crippen LogP contribution in [-0.2, 0) is 13.6 Å². The van der Waals surface area contributed by atoms with Crippen molar-refractivity contribution in [2.75, 3.05) is 31.5 Å². The summed E-state index contributed by atoms with van der Waals surface area (Å²) in [5.74, 6) is -0.237. The van der Waals surface area contributed by atoms with E-state index in [0.717, 1.165) is 31.6 Å². The van der Waals surface area contributed by atoms with Crippen LogP contribution < -0.4 is 10.9 Å². The maximum atomic E-state index is 13.0. The van der Waals surface area contributed by atoms with Crippen molar-refractivity contribution in [1.82, 2.24) is 14.4 Å². The minimum absolute atomic E-state index is 0.228. The topological polar surface area (TPSA) is 57.6 Å². The predicted molar refractivity (Wildman–Crippen MR) is 98.6 cm³/mol. The van der Waals surface area contributed by atoms with Gasteiger partial charge in [-0.05, 0) is 36.2 Å². The summed E-state index contributed by atoms with van der Waals surface area (Å²) in [4.78, 5) is 28.5. The van der Waals surface area contributed by atoms with Gasteiger partial charge in [0, 0.05) is 46.0 Å². The van der Waals surface area contributed by atoms with Crippen LogP contribution in [0.25, 0.3) is 0 Å². The number of amides is 2. The largest absolute Gasteiger partial charge is 0.323 e. The van der Waals surface area contributed by atoms with Gasteiger partial charge in [-0.1, -0.05) is 12.1 Å². The van der Waals surface area contributed by atoms with Gasteiger partial charge >= 0.3 is 6.03 Å². The summed E-state index contributed by atoms with van der Waals surface area (Å²) < 4.78 is 14.4. The molecule has 1 aliphatic heterocycles. The zero-order valence-corrected chi connectivity index (χ0v) is 14.8. The lowest BCUT2D eigenvalue weighted by Gasteiger charge is -2.22. The fourth-order valence-electron chi connectivity index (χ4n) is 3.07. The van der Waals surface area contributed by atoms with Crippen LogP contribution in [0.2, 0.25) is 0 Å². The second kappa shape index (κ2) is 8.14. The van der Waals surface area contributed by atoms with Crippen LogP contribution in [-0.4, -0.2) is 46.6 Å². The Hall–Kier alpha value is -2.67. The van der Waals surface area contributed by atoms with Crippen LogP contribution in [0.5, 0.6) is 0 Å². The van der Waals surface area contributed by atoms with Crippen LogP contribution in [0.1, 0.15) is 12.0 Å². The fraction of sp³-hybridized carbons (Fsp3) is 0.368. The van der Waals surface area contributed by atoms with Gasteiger partial charge in [0.2, 0.25) is 0 Å². The molecule has 1 aromatic heterocycles. The Labute approximate surface area is 151 Å². The number of halogens is 1. The molecule has 2 amide bonds. The molecule has 0 bridgehead atoms. The Balaban J connectivity index is 1.57. The molecule has 2 aromatic rings. The van der Waals surface area contributed by atoms with Crippen molar-refractivity contribution in [1.29, 1.82) is 0 Å². The smallest absolute Gasteiger partial charge is 0.322 e. The molecule has 7 heteroatoms. The highest BCUT2D eigenvalue weighted by atomic mass is 19.1. The van der Waals surface area contributed by atoms with Gasteiger partial charge in [-0.15, -0.1) is 0 Å². The van der Waals surface area contributed by atoms with E-state index >= 15 is 0 Å². The SMILES string of the molecule is Cn1cccc(NC(=O)N2CCCN(Cc3ccc(F)cc3)CC2)c1=O. The van der Waals surface area contributed by atoms with E-state index in [4.69, 9.17) is 0 Å². The highest BCUT2D eigenvalue weighted by Gasteiger charge is 2.20. The van der Waals surface area contributed by atoms with Gasteiger partial charge in [-0.3, -0.25) is 9.69 Å². The average Bonchev–Trinajstić information content (AvgIpc) is 2.86. The van der Waals surface area contributed by atoms with Gasteiger partial charge in [0.25, 0.3) is 5.56 Å². The number of aromatic nitrogens is 1. The van der Waals surface area contributed by atoms with E-state index in [0.29, 0.717) is 13.1 Å². The molecular weight excluding hydrogens is 335 g/mol. The molecule has 0 spiro atoms. The molecule has 1 fully saturated rings. The van der Waals surface area contributed by atoms with Crippen molar-refractivity contribution >= 4 is 11.7 Å². The summed E-state index contributed by atoms with van der Waals surface area (Å²) in [6.45, 7) is 3.56. The molecule has 0 atom stereocenters. The van der Waals surface area contributed by atoms with Crippen molar-refractivity contribution in [3.63, 3.8) is 0 Å². The molecule has 0 radical (unpaired) electrons. The van der Waals surface area contributed by atoms with E-state index < -0.39 is 0 Å². The van der Waals surface area contributed by atoms with Gasteiger partial charge in [-0.2, -0.15) is 0 Å². The summed E-state index contributed by atoms with van der Waals surface area (Å²) in [5.41, 5.74) is 1.11. The zero-order valence-electron chi connectivity index (χ0n) is 14.8. The molecule has 1 aliphatic rings. The highest BCUT2D eigenvalue weighted by molar-refractivity contribution is 5.89. The first-order valence-electron chi connectivity index (χ1n) is 8.71. The second-order valence-corrected chi connectivity index (χ2v) is 6.51. The number of carbonyl (C=O) groups is 1. The van der Waals surface area contributed by atoms with E-state index in [1.165, 1.54) is 16.7 Å². The fourth-order valence-corrected chi connectivity index (χ4v) is 3.07. The summed E-state index contributed by atoms with van der Waals surface area (Å²) >= 11 is 0. The lowest BCUT2D eigenvalue weighted by atomic mass is 10.2. The van der Waals surface area contributed by atoms with E-state index in [1.54, 1.807) is 42.4 Å². The monoisotopic (exact) mass is 358 g/mol. The number of nitrogens with one attached hydrogen (secondary N) is 1. The number of nitrogens with zero attached hydrogens (tertiary/aromatic N) is 3. The maximum absolute atomic E-state index is 13.0. The van der Waals surface area contributed by atoms with E-state index in [9.17, 15) is 14.0 Å². The number of hydrogen-bond acceptors (Lipinski definition) is 3. The Bertz CT molecular complexity index is 819. The number of anilines is 1. The number of pyridine rings is 1. The molecule has 0 aliphatic carbocycles. The number of urea groups is 1. The van der Waals surface area contributed by atoms with Crippen LogP contribution in [0.15, 0.2) is 47.4 Å². The first kappa shape index (κ1) is 18.1. The summed E-state index contributed by atoms with van der Waals surface area (Å²) in [6, 6.07) is 9.59. The molecule has 26 heavy (non-hydrogen) atoms. The molecule has 0 unspecified atom stereocenters. The number of carbonyl (C=O) groups excluding carboxylic acids is 1. The molecule has 138 valence electrons. The number of benzene rings is 1. The van der Waals surface area contributed by atoms with Crippen molar-refractivity contribution in [2.24, 2.45) is 7.05 Å². The third kappa shape index (κ3) is 4.49. The Morgan fingerprint density at radius 1 is 1.12 bits per heavy atom. The van der Waals surface area contributed by atoms with E-state index in [2.05, 4.69) is 10.2 Å². The molecule has 2 heterocycles. The van der Waals surface area contributed by atoms with Crippen molar-refractivity contribution in [3.05, 3.63) is 64.3 Å². The van der Waals surface area contributed by atoms with Gasteiger partial charge in [0.1, 0.15) is 11.5 Å². The third-order valence-electron chi connectivity index (χ3n) is 4.56. The number of aryl methyl sites for hydroxylation is 1. The van der Waals surface area contributed by atoms with Gasteiger partial charge in [0.15, 0.2) is 0 Å². The molecule has 6 nitrogen and oxygen atoms in total. The summed E-state index contributed by atoms with van der Waals surface area (Å²) in [5, 5.41) is 2.71. The van der Waals surface area contributed by atoms with Crippen LogP contribution in [0.3, 0.4) is 0 Å². The Kier molecular flexibility index (Phi) is 5.68. The van der Waals surface area contributed by atoms with Crippen molar-refractivity contribution in [3.8, 4) is 0 Å². The Morgan fingerprint density at radius 3 is 2.65 bits per heavy atom. The average molecular weight is 358 g/mol. The van der Waals surface area contributed by atoms with E-state index in [1.807, 2.05) is 0 Å². The van der Waals surface area contributed by atoms with Crippen molar-refractivity contribution in [2.45, 2.75) is 13.0 Å². The van der Waals surface area contributed by atoms with Gasteiger partial charge < -0.3 is 14.8 Å². The molecule has 1 aromatic carbocycles.